The molecular weight excluding hydrogens is 476 g/mol. The Morgan fingerprint density at radius 2 is 2.13 bits per heavy atom. The van der Waals surface area contributed by atoms with Crippen LogP contribution in [-0.4, -0.2) is 19.0 Å². The SMILES string of the molecule is CCNC(=NCc1ccc(Br)cc1F)NCCc1ccco1.I. The summed E-state index contributed by atoms with van der Waals surface area (Å²) >= 11 is 3.24. The van der Waals surface area contributed by atoms with Crippen LogP contribution in [0, 0.1) is 5.82 Å². The Labute approximate surface area is 161 Å². The first kappa shape index (κ1) is 20.0. The Morgan fingerprint density at radius 1 is 1.30 bits per heavy atom. The van der Waals surface area contributed by atoms with Crippen molar-refractivity contribution in [1.82, 2.24) is 10.6 Å². The van der Waals surface area contributed by atoms with Crippen LogP contribution in [0.5, 0.6) is 0 Å². The highest BCUT2D eigenvalue weighted by atomic mass is 127. The number of aliphatic imine (C=N–C) groups is 1. The van der Waals surface area contributed by atoms with Gasteiger partial charge in [-0.15, -0.1) is 24.0 Å². The second-order valence-corrected chi connectivity index (χ2v) is 5.60. The van der Waals surface area contributed by atoms with Crippen molar-refractivity contribution in [2.24, 2.45) is 4.99 Å². The number of halogens is 3. The maximum absolute atomic E-state index is 13.8. The minimum atomic E-state index is -0.260. The van der Waals surface area contributed by atoms with E-state index in [1.54, 1.807) is 12.3 Å². The smallest absolute Gasteiger partial charge is 0.191 e. The molecule has 0 aliphatic heterocycles. The van der Waals surface area contributed by atoms with E-state index in [9.17, 15) is 4.39 Å². The summed E-state index contributed by atoms with van der Waals surface area (Å²) in [5, 5.41) is 6.35. The Morgan fingerprint density at radius 3 is 2.78 bits per heavy atom. The van der Waals surface area contributed by atoms with Crippen molar-refractivity contribution < 1.29 is 8.81 Å². The lowest BCUT2D eigenvalue weighted by Crippen LogP contribution is -2.38. The molecule has 7 heteroatoms. The van der Waals surface area contributed by atoms with Crippen molar-refractivity contribution in [3.63, 3.8) is 0 Å². The van der Waals surface area contributed by atoms with Crippen LogP contribution in [0.15, 0.2) is 50.5 Å². The molecule has 126 valence electrons. The lowest BCUT2D eigenvalue weighted by Gasteiger charge is -2.11. The second kappa shape index (κ2) is 10.6. The van der Waals surface area contributed by atoms with Crippen molar-refractivity contribution in [2.75, 3.05) is 13.1 Å². The molecule has 0 radical (unpaired) electrons. The predicted octanol–water partition coefficient (Wildman–Crippen LogP) is 4.10. The van der Waals surface area contributed by atoms with E-state index in [-0.39, 0.29) is 36.3 Å². The fourth-order valence-corrected chi connectivity index (χ4v) is 2.25. The topological polar surface area (TPSA) is 49.6 Å². The van der Waals surface area contributed by atoms with E-state index in [2.05, 4.69) is 31.6 Å². The third kappa shape index (κ3) is 6.90. The number of nitrogens with one attached hydrogen (secondary N) is 2. The molecule has 1 heterocycles. The molecule has 2 rings (SSSR count). The van der Waals surface area contributed by atoms with Gasteiger partial charge in [0.05, 0.1) is 12.8 Å². The third-order valence-electron chi connectivity index (χ3n) is 3.01. The average Bonchev–Trinajstić information content (AvgIpc) is 2.99. The summed E-state index contributed by atoms with van der Waals surface area (Å²) in [7, 11) is 0. The molecule has 4 nitrogen and oxygen atoms in total. The van der Waals surface area contributed by atoms with Crippen LogP contribution in [0.4, 0.5) is 4.39 Å². The fraction of sp³-hybridized carbons (Fsp3) is 0.312. The van der Waals surface area contributed by atoms with E-state index in [0.717, 1.165) is 23.2 Å². The van der Waals surface area contributed by atoms with Gasteiger partial charge in [-0.2, -0.15) is 0 Å². The highest BCUT2D eigenvalue weighted by molar-refractivity contribution is 14.0. The van der Waals surface area contributed by atoms with E-state index >= 15 is 0 Å². The quantitative estimate of drug-likeness (QED) is 0.360. The number of nitrogens with zero attached hydrogens (tertiary/aromatic N) is 1. The highest BCUT2D eigenvalue weighted by Gasteiger charge is 2.03. The normalized spacial score (nSPS) is 11.0. The molecule has 0 saturated heterocycles. The van der Waals surface area contributed by atoms with Gasteiger partial charge in [-0.3, -0.25) is 0 Å². The van der Waals surface area contributed by atoms with Gasteiger partial charge in [0.1, 0.15) is 11.6 Å². The minimum absolute atomic E-state index is 0. The largest absolute Gasteiger partial charge is 0.469 e. The summed E-state index contributed by atoms with van der Waals surface area (Å²) in [5.41, 5.74) is 0.562. The standard InChI is InChI=1S/C16H19BrFN3O.HI/c1-2-19-16(20-8-7-14-4-3-9-22-14)21-11-12-5-6-13(17)10-15(12)18;/h3-6,9-10H,2,7-8,11H2,1H3,(H2,19,20,21);1H. The zero-order valence-electron chi connectivity index (χ0n) is 12.8. The van der Waals surface area contributed by atoms with Crippen molar-refractivity contribution in [3.8, 4) is 0 Å². The number of furan rings is 1. The van der Waals surface area contributed by atoms with Gasteiger partial charge in [0.2, 0.25) is 0 Å². The molecule has 0 aliphatic carbocycles. The minimum Gasteiger partial charge on any atom is -0.469 e. The zero-order chi connectivity index (χ0) is 15.8. The van der Waals surface area contributed by atoms with Crippen LogP contribution < -0.4 is 10.6 Å². The zero-order valence-corrected chi connectivity index (χ0v) is 16.7. The van der Waals surface area contributed by atoms with Gasteiger partial charge in [0, 0.05) is 29.5 Å². The first-order valence-electron chi connectivity index (χ1n) is 7.17. The van der Waals surface area contributed by atoms with E-state index < -0.39 is 0 Å². The molecule has 1 aromatic carbocycles. The van der Waals surface area contributed by atoms with Gasteiger partial charge >= 0.3 is 0 Å². The Kier molecular flexibility index (Phi) is 9.23. The molecule has 0 amide bonds. The molecular formula is C16H20BrFIN3O. The molecule has 0 unspecified atom stereocenters. The van der Waals surface area contributed by atoms with Crippen LogP contribution in [-0.2, 0) is 13.0 Å². The summed E-state index contributed by atoms with van der Waals surface area (Å²) in [6.07, 6.45) is 2.43. The number of benzene rings is 1. The fourth-order valence-electron chi connectivity index (χ4n) is 1.91. The summed E-state index contributed by atoms with van der Waals surface area (Å²) in [6, 6.07) is 8.79. The van der Waals surface area contributed by atoms with Gasteiger partial charge in [-0.05, 0) is 31.2 Å². The Hall–Kier alpha value is -1.09. The second-order valence-electron chi connectivity index (χ2n) is 4.69. The van der Waals surface area contributed by atoms with Crippen LogP contribution in [0.1, 0.15) is 18.2 Å². The van der Waals surface area contributed by atoms with Crippen molar-refractivity contribution in [3.05, 3.63) is 58.2 Å². The van der Waals surface area contributed by atoms with E-state index in [0.29, 0.717) is 18.1 Å². The monoisotopic (exact) mass is 495 g/mol. The van der Waals surface area contributed by atoms with Crippen molar-refractivity contribution >= 4 is 45.9 Å². The van der Waals surface area contributed by atoms with Crippen molar-refractivity contribution in [2.45, 2.75) is 19.9 Å². The van der Waals surface area contributed by atoms with Gasteiger partial charge in [-0.25, -0.2) is 9.38 Å². The van der Waals surface area contributed by atoms with E-state index in [1.807, 2.05) is 25.1 Å². The van der Waals surface area contributed by atoms with Crippen LogP contribution in [0.25, 0.3) is 0 Å². The van der Waals surface area contributed by atoms with Gasteiger partial charge in [0.25, 0.3) is 0 Å². The number of guanidine groups is 1. The molecule has 0 saturated carbocycles. The van der Waals surface area contributed by atoms with E-state index in [4.69, 9.17) is 4.42 Å². The predicted molar refractivity (Wildman–Crippen MR) is 105 cm³/mol. The van der Waals surface area contributed by atoms with Crippen molar-refractivity contribution in [1.29, 1.82) is 0 Å². The Balaban J connectivity index is 0.00000264. The molecule has 1 aromatic heterocycles. The first-order chi connectivity index (χ1) is 10.7. The van der Waals surface area contributed by atoms with Gasteiger partial charge < -0.3 is 15.1 Å². The number of hydrogen-bond acceptors (Lipinski definition) is 2. The first-order valence-corrected chi connectivity index (χ1v) is 7.97. The molecule has 0 atom stereocenters. The van der Waals surface area contributed by atoms with Gasteiger partial charge in [-0.1, -0.05) is 22.0 Å². The third-order valence-corrected chi connectivity index (χ3v) is 3.50. The lowest BCUT2D eigenvalue weighted by molar-refractivity contribution is 0.507. The maximum atomic E-state index is 13.8. The van der Waals surface area contributed by atoms with Gasteiger partial charge in [0.15, 0.2) is 5.96 Å². The average molecular weight is 496 g/mol. The molecule has 2 aromatic rings. The number of hydrogen-bond donors (Lipinski definition) is 2. The molecule has 0 spiro atoms. The Bertz CT molecular complexity index is 620. The molecule has 0 fully saturated rings. The van der Waals surface area contributed by atoms with Crippen LogP contribution >= 0.6 is 39.9 Å². The summed E-state index contributed by atoms with van der Waals surface area (Å²) in [5.74, 6) is 1.32. The molecule has 23 heavy (non-hydrogen) atoms. The summed E-state index contributed by atoms with van der Waals surface area (Å²) in [6.45, 7) is 3.72. The molecule has 0 bridgehead atoms. The summed E-state index contributed by atoms with van der Waals surface area (Å²) < 4.78 is 19.8. The summed E-state index contributed by atoms with van der Waals surface area (Å²) in [4.78, 5) is 4.40. The molecule has 0 aliphatic rings. The lowest BCUT2D eigenvalue weighted by atomic mass is 10.2. The molecule has 2 N–H and O–H groups in total. The highest BCUT2D eigenvalue weighted by Crippen LogP contribution is 2.15. The maximum Gasteiger partial charge on any atom is 0.191 e. The van der Waals surface area contributed by atoms with E-state index in [1.165, 1.54) is 6.07 Å². The van der Waals surface area contributed by atoms with Crippen LogP contribution in [0.3, 0.4) is 0 Å². The van der Waals surface area contributed by atoms with Crippen LogP contribution in [0.2, 0.25) is 0 Å². The number of rotatable bonds is 6.